The van der Waals surface area contributed by atoms with Crippen LogP contribution in [0.1, 0.15) is 94.5 Å². The first-order valence-electron chi connectivity index (χ1n) is 16.7. The van der Waals surface area contributed by atoms with Crippen LogP contribution >= 0.6 is 0 Å². The maximum atomic E-state index is 14.2. The number of ether oxygens (including phenoxy) is 2. The third kappa shape index (κ3) is 8.78. The fourth-order valence-electron chi connectivity index (χ4n) is 6.23. The quantitative estimate of drug-likeness (QED) is 0.293. The molecule has 0 spiro atoms. The highest BCUT2D eigenvalue weighted by molar-refractivity contribution is 7.91. The van der Waals surface area contributed by atoms with Crippen LogP contribution in [-0.4, -0.2) is 84.2 Å². The number of alkyl carbamates (subject to hydrolysis) is 1. The Balaban J connectivity index is 1.43. The van der Waals surface area contributed by atoms with Gasteiger partial charge in [-0.05, 0) is 77.5 Å². The molecule has 5 atom stereocenters. The van der Waals surface area contributed by atoms with E-state index in [-0.39, 0.29) is 36.9 Å². The van der Waals surface area contributed by atoms with E-state index in [1.165, 1.54) is 29.2 Å². The van der Waals surface area contributed by atoms with Crippen LogP contribution in [0, 0.1) is 17.2 Å². The normalized spacial score (nSPS) is 28.2. The van der Waals surface area contributed by atoms with Crippen LogP contribution in [0.4, 0.5) is 4.79 Å². The molecule has 14 nitrogen and oxygen atoms in total. The molecular formula is C34H43N5O9S. The molecule has 3 fully saturated rings. The van der Waals surface area contributed by atoms with Crippen molar-refractivity contribution in [2.75, 3.05) is 6.54 Å². The molecule has 49 heavy (non-hydrogen) atoms. The summed E-state index contributed by atoms with van der Waals surface area (Å²) >= 11 is 0. The molecular weight excluding hydrogens is 654 g/mol. The lowest BCUT2D eigenvalue weighted by Gasteiger charge is -2.30. The third-order valence-corrected chi connectivity index (χ3v) is 10.9. The minimum atomic E-state index is -3.91. The summed E-state index contributed by atoms with van der Waals surface area (Å²) in [5, 5.41) is 14.0. The van der Waals surface area contributed by atoms with E-state index in [1.54, 1.807) is 20.8 Å². The van der Waals surface area contributed by atoms with Gasteiger partial charge in [-0.25, -0.2) is 18.0 Å². The first-order valence-corrected chi connectivity index (χ1v) is 18.2. The molecule has 0 bridgehead atoms. The molecule has 3 N–H and O–H groups in total. The maximum absolute atomic E-state index is 14.2. The minimum Gasteiger partial charge on any atom is -0.457 e. The number of nitrogens with one attached hydrogen (secondary N) is 3. The smallest absolute Gasteiger partial charge is 0.408 e. The van der Waals surface area contributed by atoms with Crippen molar-refractivity contribution in [2.24, 2.45) is 5.92 Å². The fourth-order valence-corrected chi connectivity index (χ4v) is 7.60. The van der Waals surface area contributed by atoms with Crippen molar-refractivity contribution < 1.29 is 41.9 Å². The Bertz CT molecular complexity index is 1680. The van der Waals surface area contributed by atoms with Crippen molar-refractivity contribution in [1.82, 2.24) is 20.3 Å². The van der Waals surface area contributed by atoms with Gasteiger partial charge in [0.15, 0.2) is 0 Å². The molecule has 2 aliphatic carbocycles. The van der Waals surface area contributed by atoms with Gasteiger partial charge in [0.25, 0.3) is 5.91 Å². The number of allylic oxidation sites excluding steroid dienone is 1. The highest BCUT2D eigenvalue weighted by Gasteiger charge is 2.62. The molecule has 2 aliphatic heterocycles. The lowest BCUT2D eigenvalue weighted by Crippen LogP contribution is -2.58. The number of nitriles is 1. The van der Waals surface area contributed by atoms with Crippen molar-refractivity contribution in [3.05, 3.63) is 47.5 Å². The number of sulfonamides is 1. The van der Waals surface area contributed by atoms with E-state index < -0.39 is 80.3 Å². The first-order chi connectivity index (χ1) is 23.1. The van der Waals surface area contributed by atoms with Gasteiger partial charge in [-0.2, -0.15) is 5.26 Å². The highest BCUT2D eigenvalue weighted by atomic mass is 32.2. The van der Waals surface area contributed by atoms with Gasteiger partial charge < -0.3 is 25.0 Å². The molecule has 2 saturated carbocycles. The summed E-state index contributed by atoms with van der Waals surface area (Å²) in [6.07, 6.45) is 5.88. The van der Waals surface area contributed by atoms with Crippen molar-refractivity contribution in [1.29, 1.82) is 5.26 Å². The van der Waals surface area contributed by atoms with E-state index >= 15 is 0 Å². The number of benzene rings is 1. The predicted molar refractivity (Wildman–Crippen MR) is 175 cm³/mol. The van der Waals surface area contributed by atoms with Gasteiger partial charge in [-0.1, -0.05) is 31.1 Å². The van der Waals surface area contributed by atoms with E-state index in [0.717, 1.165) is 12.8 Å². The number of nitrogens with zero attached hydrogens (tertiary/aromatic N) is 2. The minimum absolute atomic E-state index is 0.115. The van der Waals surface area contributed by atoms with Crippen LogP contribution in [0.15, 0.2) is 36.4 Å². The summed E-state index contributed by atoms with van der Waals surface area (Å²) in [6, 6.07) is 5.59. The van der Waals surface area contributed by atoms with E-state index in [1.807, 2.05) is 18.2 Å². The Hall–Kier alpha value is -4.45. The Morgan fingerprint density at radius 3 is 2.55 bits per heavy atom. The first kappa shape index (κ1) is 35.8. The van der Waals surface area contributed by atoms with Gasteiger partial charge in [0.1, 0.15) is 29.3 Å². The molecule has 2 heterocycles. The maximum Gasteiger partial charge on any atom is 0.408 e. The largest absolute Gasteiger partial charge is 0.457 e. The Morgan fingerprint density at radius 2 is 1.86 bits per heavy atom. The molecule has 5 unspecified atom stereocenters. The number of rotatable bonds is 6. The SMILES string of the molecule is CC(C)(C)OC(=O)NC1CCCCC/C=C/C2CC2(C(=O)NS(=O)(=O)C2CC2)NC(=O)C2CC(OC(=O)c3cccc(C#N)c3)CN2C1=O. The number of carbonyl (C=O) groups excluding carboxylic acids is 5. The second-order valence-corrected chi connectivity index (χ2v) is 16.1. The lowest BCUT2D eigenvalue weighted by molar-refractivity contribution is -0.141. The summed E-state index contributed by atoms with van der Waals surface area (Å²) in [7, 11) is -3.91. The second kappa shape index (κ2) is 14.2. The van der Waals surface area contributed by atoms with Crippen molar-refractivity contribution >= 4 is 39.8 Å². The van der Waals surface area contributed by atoms with Crippen LogP contribution in [0.2, 0.25) is 0 Å². The molecule has 4 aliphatic rings. The van der Waals surface area contributed by atoms with E-state index in [9.17, 15) is 37.7 Å². The van der Waals surface area contributed by atoms with Crippen LogP contribution in [0.25, 0.3) is 0 Å². The monoisotopic (exact) mass is 697 g/mol. The van der Waals surface area contributed by atoms with Crippen LogP contribution in [0.5, 0.6) is 0 Å². The van der Waals surface area contributed by atoms with Gasteiger partial charge in [-0.15, -0.1) is 0 Å². The summed E-state index contributed by atoms with van der Waals surface area (Å²) in [5.74, 6) is -3.38. The van der Waals surface area contributed by atoms with Crippen LogP contribution in [0.3, 0.4) is 0 Å². The molecule has 4 amide bonds. The number of fused-ring (bicyclic) bond motifs is 2. The third-order valence-electron chi connectivity index (χ3n) is 9.03. The molecule has 5 rings (SSSR count). The average molecular weight is 698 g/mol. The number of amides is 4. The Morgan fingerprint density at radius 1 is 1.10 bits per heavy atom. The zero-order valence-electron chi connectivity index (χ0n) is 27.9. The lowest BCUT2D eigenvalue weighted by atomic mass is 10.0. The van der Waals surface area contributed by atoms with E-state index in [0.29, 0.717) is 25.7 Å². The summed E-state index contributed by atoms with van der Waals surface area (Å²) in [4.78, 5) is 69.0. The summed E-state index contributed by atoms with van der Waals surface area (Å²) in [5.41, 5.74) is -2.02. The number of carbonyl (C=O) groups is 5. The molecule has 1 saturated heterocycles. The fraction of sp³-hybridized carbons (Fsp3) is 0.588. The molecule has 1 aromatic carbocycles. The van der Waals surface area contributed by atoms with Gasteiger partial charge in [0, 0.05) is 12.3 Å². The molecule has 264 valence electrons. The number of esters is 1. The Labute approximate surface area is 286 Å². The van der Waals surface area contributed by atoms with Crippen LogP contribution in [-0.2, 0) is 33.9 Å². The molecule has 15 heteroatoms. The van der Waals surface area contributed by atoms with Crippen LogP contribution < -0.4 is 15.4 Å². The van der Waals surface area contributed by atoms with E-state index in [2.05, 4.69) is 15.4 Å². The predicted octanol–water partition coefficient (Wildman–Crippen LogP) is 2.58. The molecule has 1 aromatic rings. The summed E-state index contributed by atoms with van der Waals surface area (Å²) in [6.45, 7) is 4.89. The zero-order chi connectivity index (χ0) is 35.6. The van der Waals surface area contributed by atoms with E-state index in [4.69, 9.17) is 9.47 Å². The van der Waals surface area contributed by atoms with Gasteiger partial charge >= 0.3 is 12.1 Å². The molecule has 0 aromatic heterocycles. The van der Waals surface area contributed by atoms with Crippen molar-refractivity contribution in [3.63, 3.8) is 0 Å². The zero-order valence-corrected chi connectivity index (χ0v) is 28.7. The average Bonchev–Trinajstić information content (AvgIpc) is 3.95. The second-order valence-electron chi connectivity index (χ2n) is 14.2. The van der Waals surface area contributed by atoms with Gasteiger partial charge in [-0.3, -0.25) is 19.1 Å². The highest BCUT2D eigenvalue weighted by Crippen LogP contribution is 2.46. The topological polar surface area (TPSA) is 201 Å². The van der Waals surface area contributed by atoms with Crippen molar-refractivity contribution in [2.45, 2.75) is 113 Å². The Kier molecular flexibility index (Phi) is 10.4. The molecule has 0 radical (unpaired) electrons. The van der Waals surface area contributed by atoms with Crippen molar-refractivity contribution in [3.8, 4) is 6.07 Å². The van der Waals surface area contributed by atoms with Gasteiger partial charge in [0.05, 0.1) is 29.0 Å². The number of hydrogen-bond donors (Lipinski definition) is 3. The summed E-state index contributed by atoms with van der Waals surface area (Å²) < 4.78 is 38.7. The van der Waals surface area contributed by atoms with Gasteiger partial charge in [0.2, 0.25) is 21.8 Å². The standard InChI is InChI=1S/C34H43N5O9S/c1-33(2,3)48-32(44)36-26-13-8-6-4-5-7-12-23-18-34(23,31(43)38-49(45,46)25-14-15-25)37-28(40)27-17-24(20-39(27)29(26)41)47-30(42)22-11-9-10-21(16-22)19-35/h7,9-12,16,23-27H,4-6,8,13-15,17-18,20H2,1-3H3,(H,36,44)(H,37,40)(H,38,43)/b12-7+. The number of hydrogen-bond acceptors (Lipinski definition) is 10.